The minimum absolute atomic E-state index is 0.0609. The monoisotopic (exact) mass is 444 g/mol. The summed E-state index contributed by atoms with van der Waals surface area (Å²) in [6.07, 6.45) is -1.69. The molecule has 2 aromatic rings. The molecule has 0 saturated carbocycles. The molecular weight excluding hydrogens is 436 g/mol. The fraction of sp³-hybridized carbons (Fsp3) is 0.167. The van der Waals surface area contributed by atoms with Gasteiger partial charge in [-0.3, -0.25) is 0 Å². The predicted octanol–water partition coefficient (Wildman–Crippen LogP) is 3.30. The first kappa shape index (κ1) is 16.9. The second-order valence-corrected chi connectivity index (χ2v) is 7.28. The van der Waals surface area contributed by atoms with E-state index in [0.717, 1.165) is 18.5 Å². The summed E-state index contributed by atoms with van der Waals surface area (Å²) < 4.78 is 68.3. The number of benzene rings is 1. The Morgan fingerprint density at radius 1 is 1.23 bits per heavy atom. The summed E-state index contributed by atoms with van der Waals surface area (Å²) in [4.78, 5) is 6.43. The van der Waals surface area contributed by atoms with Gasteiger partial charge >= 0.3 is 6.18 Å². The van der Waals surface area contributed by atoms with E-state index in [9.17, 15) is 21.6 Å². The van der Waals surface area contributed by atoms with E-state index in [4.69, 9.17) is 4.74 Å². The summed E-state index contributed by atoms with van der Waals surface area (Å²) in [7, 11) is -4.18. The predicted molar refractivity (Wildman–Crippen MR) is 79.4 cm³/mol. The second-order valence-electron chi connectivity index (χ2n) is 4.17. The lowest BCUT2D eigenvalue weighted by Crippen LogP contribution is -2.15. The highest BCUT2D eigenvalue weighted by Gasteiger charge is 2.40. The number of halogens is 4. The molecule has 2 rings (SSSR count). The number of rotatable bonds is 3. The van der Waals surface area contributed by atoms with Gasteiger partial charge in [-0.2, -0.15) is 13.2 Å². The smallest absolute Gasteiger partial charge is 0.418 e. The highest BCUT2D eigenvalue weighted by Crippen LogP contribution is 2.42. The van der Waals surface area contributed by atoms with Crippen LogP contribution < -0.4 is 4.74 Å². The third-order valence-corrected chi connectivity index (χ3v) is 4.54. The normalized spacial score (nSPS) is 12.2. The average Bonchev–Trinajstić information content (AvgIpc) is 2.39. The number of ether oxygens (including phenoxy) is 1. The molecule has 0 aliphatic heterocycles. The van der Waals surface area contributed by atoms with Gasteiger partial charge in [-0.25, -0.2) is 18.4 Å². The van der Waals surface area contributed by atoms with Crippen LogP contribution in [0.15, 0.2) is 35.6 Å². The summed E-state index contributed by atoms with van der Waals surface area (Å²) in [6.45, 7) is 0. The van der Waals surface area contributed by atoms with E-state index < -0.39 is 32.2 Å². The van der Waals surface area contributed by atoms with Gasteiger partial charge in [0, 0.05) is 22.1 Å². The number of aromatic nitrogens is 2. The van der Waals surface area contributed by atoms with Crippen molar-refractivity contribution in [3.05, 3.63) is 39.9 Å². The van der Waals surface area contributed by atoms with E-state index in [-0.39, 0.29) is 9.45 Å². The van der Waals surface area contributed by atoms with Crippen molar-refractivity contribution in [1.29, 1.82) is 0 Å². The zero-order valence-electron chi connectivity index (χ0n) is 10.9. The van der Waals surface area contributed by atoms with Crippen LogP contribution >= 0.6 is 22.6 Å². The molecule has 0 radical (unpaired) electrons. The number of nitrogens with zero attached hydrogens (tertiary/aromatic N) is 2. The minimum atomic E-state index is -4.83. The van der Waals surface area contributed by atoms with Crippen molar-refractivity contribution in [3.63, 3.8) is 0 Å². The Hall–Kier alpha value is -1.43. The van der Waals surface area contributed by atoms with Crippen LogP contribution in [-0.4, -0.2) is 24.6 Å². The molecule has 0 saturated heterocycles. The second kappa shape index (κ2) is 5.99. The average molecular weight is 444 g/mol. The van der Waals surface area contributed by atoms with Gasteiger partial charge in [-0.05, 0) is 34.7 Å². The standard InChI is InChI=1S/C12H8F3IN2O3S/c1-22(19,20)11-8(21-9-4-5-17-6-18-9)3-2-7(16)10(11)12(13,14)15/h2-6H,1H3. The topological polar surface area (TPSA) is 69.2 Å². The first-order valence-corrected chi connectivity index (χ1v) is 8.61. The number of hydrogen-bond donors (Lipinski definition) is 0. The molecule has 118 valence electrons. The Bertz CT molecular complexity index is 795. The van der Waals surface area contributed by atoms with Crippen molar-refractivity contribution >= 4 is 32.4 Å². The van der Waals surface area contributed by atoms with Crippen LogP contribution in [-0.2, 0) is 16.0 Å². The number of hydrogen-bond acceptors (Lipinski definition) is 5. The van der Waals surface area contributed by atoms with Crippen molar-refractivity contribution in [2.45, 2.75) is 11.1 Å². The van der Waals surface area contributed by atoms with Gasteiger partial charge in [-0.15, -0.1) is 0 Å². The lowest BCUT2D eigenvalue weighted by atomic mass is 10.2. The Morgan fingerprint density at radius 3 is 2.41 bits per heavy atom. The first-order chi connectivity index (χ1) is 10.1. The maximum Gasteiger partial charge on any atom is 0.418 e. The molecule has 5 nitrogen and oxygen atoms in total. The van der Waals surface area contributed by atoms with Gasteiger partial charge in [-0.1, -0.05) is 0 Å². The fourth-order valence-electron chi connectivity index (χ4n) is 1.70. The molecule has 10 heteroatoms. The highest BCUT2D eigenvalue weighted by molar-refractivity contribution is 14.1. The highest BCUT2D eigenvalue weighted by atomic mass is 127. The summed E-state index contributed by atoms with van der Waals surface area (Å²) in [5.41, 5.74) is -1.25. The van der Waals surface area contributed by atoms with Crippen molar-refractivity contribution in [2.24, 2.45) is 0 Å². The van der Waals surface area contributed by atoms with Gasteiger partial charge in [0.15, 0.2) is 9.84 Å². The lowest BCUT2D eigenvalue weighted by molar-refractivity contribution is -0.140. The SMILES string of the molecule is CS(=O)(=O)c1c(Oc2ccncn2)ccc(I)c1C(F)(F)F. The molecule has 1 aromatic heterocycles. The van der Waals surface area contributed by atoms with Crippen LogP contribution in [0.25, 0.3) is 0 Å². The van der Waals surface area contributed by atoms with Gasteiger partial charge < -0.3 is 4.74 Å². The molecule has 0 amide bonds. The van der Waals surface area contributed by atoms with E-state index in [1.807, 2.05) is 0 Å². The summed E-state index contributed by atoms with van der Waals surface area (Å²) in [5, 5.41) is 0. The Kier molecular flexibility index (Phi) is 4.61. The number of alkyl halides is 3. The third-order valence-electron chi connectivity index (χ3n) is 2.49. The van der Waals surface area contributed by atoms with E-state index in [1.165, 1.54) is 34.9 Å². The van der Waals surface area contributed by atoms with E-state index in [1.54, 1.807) is 0 Å². The summed E-state index contributed by atoms with van der Waals surface area (Å²) in [5.74, 6) is -0.497. The van der Waals surface area contributed by atoms with Crippen molar-refractivity contribution in [2.75, 3.05) is 6.26 Å². The third kappa shape index (κ3) is 3.66. The van der Waals surface area contributed by atoms with Crippen molar-refractivity contribution in [3.8, 4) is 11.6 Å². The Morgan fingerprint density at radius 2 is 1.91 bits per heavy atom. The van der Waals surface area contributed by atoms with Crippen molar-refractivity contribution in [1.82, 2.24) is 9.97 Å². The van der Waals surface area contributed by atoms with Crippen LogP contribution in [0, 0.1) is 3.57 Å². The van der Waals surface area contributed by atoms with Crippen LogP contribution in [0.4, 0.5) is 13.2 Å². The molecule has 1 heterocycles. The van der Waals surface area contributed by atoms with Crippen LogP contribution in [0.5, 0.6) is 11.6 Å². The first-order valence-electron chi connectivity index (χ1n) is 5.64. The van der Waals surface area contributed by atoms with Gasteiger partial charge in [0.2, 0.25) is 5.88 Å². The maximum absolute atomic E-state index is 13.2. The maximum atomic E-state index is 13.2. The molecule has 0 aliphatic carbocycles. The molecule has 0 N–H and O–H groups in total. The van der Waals surface area contributed by atoms with Gasteiger partial charge in [0.25, 0.3) is 0 Å². The largest absolute Gasteiger partial charge is 0.438 e. The molecule has 0 unspecified atom stereocenters. The fourth-order valence-corrected chi connectivity index (χ4v) is 3.71. The molecule has 0 spiro atoms. The van der Waals surface area contributed by atoms with Gasteiger partial charge in [0.1, 0.15) is 17.0 Å². The molecule has 0 aliphatic rings. The van der Waals surface area contributed by atoms with Crippen LogP contribution in [0.1, 0.15) is 5.56 Å². The molecule has 1 aromatic carbocycles. The lowest BCUT2D eigenvalue weighted by Gasteiger charge is -2.17. The quantitative estimate of drug-likeness (QED) is 0.680. The number of sulfone groups is 1. The molecule has 22 heavy (non-hydrogen) atoms. The van der Waals surface area contributed by atoms with Crippen LogP contribution in [0.2, 0.25) is 0 Å². The van der Waals surface area contributed by atoms with E-state index in [0.29, 0.717) is 6.26 Å². The van der Waals surface area contributed by atoms with Crippen molar-refractivity contribution < 1.29 is 26.3 Å². The van der Waals surface area contributed by atoms with Gasteiger partial charge in [0.05, 0.1) is 5.56 Å². The Balaban J connectivity index is 2.70. The zero-order chi connectivity index (χ0) is 16.5. The molecule has 0 atom stereocenters. The Labute approximate surface area is 137 Å². The molecule has 0 bridgehead atoms. The minimum Gasteiger partial charge on any atom is -0.438 e. The molecular formula is C12H8F3IN2O3S. The summed E-state index contributed by atoms with van der Waals surface area (Å²) >= 11 is 1.43. The summed E-state index contributed by atoms with van der Waals surface area (Å²) in [6, 6.07) is 3.60. The van der Waals surface area contributed by atoms with Crippen LogP contribution in [0.3, 0.4) is 0 Å². The van der Waals surface area contributed by atoms with E-state index >= 15 is 0 Å². The van der Waals surface area contributed by atoms with E-state index in [2.05, 4.69) is 9.97 Å². The zero-order valence-corrected chi connectivity index (χ0v) is 13.9. The molecule has 0 fully saturated rings.